The first-order chi connectivity index (χ1) is 13.0. The van der Waals surface area contributed by atoms with Crippen LogP contribution in [0.25, 0.3) is 0 Å². The monoisotopic (exact) mass is 360 g/mol. The van der Waals surface area contributed by atoms with E-state index in [4.69, 9.17) is 5.26 Å². The lowest BCUT2D eigenvalue weighted by Crippen LogP contribution is -2.12. The SMILES string of the molecule is CC(Nc1ccc(C#N)cn1)c1ccc(NC(=O)c2ccc(F)cc2)cc1. The minimum Gasteiger partial charge on any atom is -0.364 e. The molecule has 0 saturated heterocycles. The number of nitrogens with zero attached hydrogens (tertiary/aromatic N) is 2. The first-order valence-electron chi connectivity index (χ1n) is 8.35. The maximum absolute atomic E-state index is 12.9. The van der Waals surface area contributed by atoms with Crippen molar-refractivity contribution in [3.8, 4) is 6.07 Å². The van der Waals surface area contributed by atoms with Crippen LogP contribution in [0.3, 0.4) is 0 Å². The van der Waals surface area contributed by atoms with E-state index in [1.54, 1.807) is 24.3 Å². The van der Waals surface area contributed by atoms with E-state index in [9.17, 15) is 9.18 Å². The minimum atomic E-state index is -0.380. The first-order valence-corrected chi connectivity index (χ1v) is 8.35. The molecule has 0 aliphatic carbocycles. The Balaban J connectivity index is 1.62. The quantitative estimate of drug-likeness (QED) is 0.701. The number of hydrogen-bond acceptors (Lipinski definition) is 4. The molecule has 0 aliphatic heterocycles. The van der Waals surface area contributed by atoms with E-state index in [-0.39, 0.29) is 17.8 Å². The van der Waals surface area contributed by atoms with Gasteiger partial charge in [-0.1, -0.05) is 12.1 Å². The third-order valence-electron chi connectivity index (χ3n) is 4.03. The minimum absolute atomic E-state index is 0.00714. The van der Waals surface area contributed by atoms with E-state index in [0.717, 1.165) is 5.56 Å². The second-order valence-electron chi connectivity index (χ2n) is 5.99. The predicted octanol–water partition coefficient (Wildman–Crippen LogP) is 4.52. The second kappa shape index (κ2) is 8.11. The van der Waals surface area contributed by atoms with Gasteiger partial charge in [0.1, 0.15) is 17.7 Å². The van der Waals surface area contributed by atoms with Crippen molar-refractivity contribution in [3.05, 3.63) is 89.4 Å². The van der Waals surface area contributed by atoms with Gasteiger partial charge in [0.25, 0.3) is 5.91 Å². The summed E-state index contributed by atoms with van der Waals surface area (Å²) in [6.45, 7) is 1.99. The Hall–Kier alpha value is -3.72. The van der Waals surface area contributed by atoms with Crippen molar-refractivity contribution in [2.24, 2.45) is 0 Å². The maximum atomic E-state index is 12.9. The van der Waals surface area contributed by atoms with Crippen molar-refractivity contribution in [2.45, 2.75) is 13.0 Å². The topological polar surface area (TPSA) is 77.8 Å². The van der Waals surface area contributed by atoms with E-state index in [0.29, 0.717) is 22.6 Å². The van der Waals surface area contributed by atoms with Gasteiger partial charge in [-0.15, -0.1) is 0 Å². The molecular weight excluding hydrogens is 343 g/mol. The fourth-order valence-electron chi connectivity index (χ4n) is 2.51. The number of carbonyl (C=O) groups is 1. The lowest BCUT2D eigenvalue weighted by molar-refractivity contribution is 0.102. The standard InChI is InChI=1S/C21H17FN4O/c1-14(25-20-11-2-15(12-23)13-24-20)16-5-9-19(10-6-16)26-21(27)17-3-7-18(22)8-4-17/h2-11,13-14H,1H3,(H,24,25)(H,26,27). The van der Waals surface area contributed by atoms with Gasteiger partial charge in [0, 0.05) is 23.5 Å². The van der Waals surface area contributed by atoms with E-state index in [1.165, 1.54) is 30.5 Å². The Morgan fingerprint density at radius 3 is 2.37 bits per heavy atom. The molecule has 0 spiro atoms. The molecule has 0 saturated carbocycles. The summed E-state index contributed by atoms with van der Waals surface area (Å²) in [5.74, 6) is 0.0000363. The average Bonchev–Trinajstić information content (AvgIpc) is 2.69. The van der Waals surface area contributed by atoms with Crippen molar-refractivity contribution in [3.63, 3.8) is 0 Å². The molecule has 0 radical (unpaired) electrons. The second-order valence-corrected chi connectivity index (χ2v) is 5.99. The summed E-state index contributed by atoms with van der Waals surface area (Å²) in [6, 6.07) is 18.3. The highest BCUT2D eigenvalue weighted by atomic mass is 19.1. The van der Waals surface area contributed by atoms with Gasteiger partial charge in [0.2, 0.25) is 0 Å². The average molecular weight is 360 g/mol. The highest BCUT2D eigenvalue weighted by molar-refractivity contribution is 6.04. The zero-order valence-electron chi connectivity index (χ0n) is 14.6. The van der Waals surface area contributed by atoms with Crippen LogP contribution in [0.4, 0.5) is 15.9 Å². The van der Waals surface area contributed by atoms with E-state index in [1.807, 2.05) is 25.1 Å². The fraction of sp³-hybridized carbons (Fsp3) is 0.0952. The van der Waals surface area contributed by atoms with Crippen LogP contribution in [-0.2, 0) is 0 Å². The predicted molar refractivity (Wildman–Crippen MR) is 102 cm³/mol. The van der Waals surface area contributed by atoms with Gasteiger partial charge in [-0.2, -0.15) is 5.26 Å². The van der Waals surface area contributed by atoms with Crippen molar-refractivity contribution in [2.75, 3.05) is 10.6 Å². The Bertz CT molecular complexity index is 961. The molecule has 1 amide bonds. The molecule has 0 fully saturated rings. The van der Waals surface area contributed by atoms with Crippen molar-refractivity contribution >= 4 is 17.4 Å². The van der Waals surface area contributed by atoms with Gasteiger partial charge in [-0.3, -0.25) is 4.79 Å². The van der Waals surface area contributed by atoms with Crippen LogP contribution < -0.4 is 10.6 Å². The van der Waals surface area contributed by atoms with Crippen LogP contribution >= 0.6 is 0 Å². The van der Waals surface area contributed by atoms with Crippen LogP contribution in [0.2, 0.25) is 0 Å². The fourth-order valence-corrected chi connectivity index (χ4v) is 2.51. The van der Waals surface area contributed by atoms with E-state index < -0.39 is 0 Å². The van der Waals surface area contributed by atoms with Gasteiger partial charge in [0.05, 0.1) is 5.56 Å². The smallest absolute Gasteiger partial charge is 0.255 e. The maximum Gasteiger partial charge on any atom is 0.255 e. The molecule has 1 heterocycles. The number of nitriles is 1. The Kier molecular flexibility index (Phi) is 5.43. The van der Waals surface area contributed by atoms with Crippen molar-refractivity contribution in [1.82, 2.24) is 4.98 Å². The van der Waals surface area contributed by atoms with Crippen molar-refractivity contribution < 1.29 is 9.18 Å². The van der Waals surface area contributed by atoms with Gasteiger partial charge >= 0.3 is 0 Å². The Morgan fingerprint density at radius 1 is 1.07 bits per heavy atom. The first kappa shape index (κ1) is 18.1. The molecule has 2 N–H and O–H groups in total. The number of hydrogen-bond donors (Lipinski definition) is 2. The zero-order valence-corrected chi connectivity index (χ0v) is 14.6. The summed E-state index contributed by atoms with van der Waals surface area (Å²) in [7, 11) is 0. The summed E-state index contributed by atoms with van der Waals surface area (Å²) in [6.07, 6.45) is 1.52. The third-order valence-corrected chi connectivity index (χ3v) is 4.03. The largest absolute Gasteiger partial charge is 0.364 e. The van der Waals surface area contributed by atoms with Crippen LogP contribution in [0.15, 0.2) is 66.9 Å². The van der Waals surface area contributed by atoms with E-state index in [2.05, 4.69) is 15.6 Å². The lowest BCUT2D eigenvalue weighted by atomic mass is 10.1. The van der Waals surface area contributed by atoms with Crippen LogP contribution in [0.5, 0.6) is 0 Å². The number of carbonyl (C=O) groups excluding carboxylic acids is 1. The van der Waals surface area contributed by atoms with Gasteiger partial charge < -0.3 is 10.6 Å². The summed E-state index contributed by atoms with van der Waals surface area (Å²) < 4.78 is 12.9. The third kappa shape index (κ3) is 4.67. The molecule has 0 aliphatic rings. The molecule has 2 aromatic carbocycles. The molecule has 1 atom stereocenters. The summed E-state index contributed by atoms with van der Waals surface area (Å²) in [5, 5.41) is 14.8. The zero-order chi connectivity index (χ0) is 19.2. The highest BCUT2D eigenvalue weighted by Gasteiger charge is 2.09. The molecule has 1 unspecified atom stereocenters. The summed E-state index contributed by atoms with van der Waals surface area (Å²) in [4.78, 5) is 16.4. The van der Waals surface area contributed by atoms with Gasteiger partial charge in [-0.25, -0.2) is 9.37 Å². The number of rotatable bonds is 5. The van der Waals surface area contributed by atoms with Gasteiger partial charge in [-0.05, 0) is 61.0 Å². The highest BCUT2D eigenvalue weighted by Crippen LogP contribution is 2.20. The van der Waals surface area contributed by atoms with Crippen LogP contribution in [0, 0.1) is 17.1 Å². The number of benzene rings is 2. The molecular formula is C21H17FN4O. The molecule has 1 aromatic heterocycles. The van der Waals surface area contributed by atoms with Crippen LogP contribution in [-0.4, -0.2) is 10.9 Å². The number of nitrogens with one attached hydrogen (secondary N) is 2. The Labute approximate surface area is 156 Å². The molecule has 6 heteroatoms. The number of halogens is 1. The molecule has 3 aromatic rings. The molecule has 27 heavy (non-hydrogen) atoms. The molecule has 0 bridgehead atoms. The van der Waals surface area contributed by atoms with Gasteiger partial charge in [0.15, 0.2) is 0 Å². The summed E-state index contributed by atoms with van der Waals surface area (Å²) >= 11 is 0. The van der Waals surface area contributed by atoms with Crippen LogP contribution in [0.1, 0.15) is 34.5 Å². The molecule has 5 nitrogen and oxygen atoms in total. The summed E-state index contributed by atoms with van der Waals surface area (Å²) in [5.41, 5.74) is 2.56. The number of anilines is 2. The van der Waals surface area contributed by atoms with E-state index >= 15 is 0 Å². The number of aromatic nitrogens is 1. The normalized spacial score (nSPS) is 11.3. The molecule has 3 rings (SSSR count). The molecule has 134 valence electrons. The van der Waals surface area contributed by atoms with Crippen molar-refractivity contribution in [1.29, 1.82) is 5.26 Å². The Morgan fingerprint density at radius 2 is 1.78 bits per heavy atom. The number of amides is 1. The lowest BCUT2D eigenvalue weighted by Gasteiger charge is -2.15. The number of pyridine rings is 1.